The average Bonchev–Trinajstić information content (AvgIpc) is 3.29. The minimum absolute atomic E-state index is 0.0388. The van der Waals surface area contributed by atoms with Crippen molar-refractivity contribution in [2.45, 2.75) is 36.6 Å². The summed E-state index contributed by atoms with van der Waals surface area (Å²) in [4.78, 5) is 19.3. The average molecular weight is 439 g/mol. The molecule has 1 aromatic carbocycles. The number of sulfonamides is 1. The fourth-order valence-corrected chi connectivity index (χ4v) is 6.25. The molecule has 0 spiro atoms. The lowest BCUT2D eigenvalue weighted by Crippen LogP contribution is -2.53. The molecular formula is C21H31FN4O3S. The number of likely N-dealkylation sites (tertiary alicyclic amines) is 2. The molecule has 3 heterocycles. The number of carbonyl (C=O) groups excluding carboxylic acids is 1. The van der Waals surface area contributed by atoms with Gasteiger partial charge in [0.05, 0.1) is 11.4 Å². The molecule has 3 fully saturated rings. The Labute approximate surface area is 178 Å². The largest absolute Gasteiger partial charge is 0.339 e. The summed E-state index contributed by atoms with van der Waals surface area (Å²) in [6.07, 6.45) is 4.85. The van der Waals surface area contributed by atoms with E-state index >= 15 is 0 Å². The first-order valence-corrected chi connectivity index (χ1v) is 12.4. The Morgan fingerprint density at radius 2 is 1.63 bits per heavy atom. The first-order chi connectivity index (χ1) is 14.4. The lowest BCUT2D eigenvalue weighted by Gasteiger charge is -2.38. The summed E-state index contributed by atoms with van der Waals surface area (Å²) >= 11 is 0. The number of rotatable bonds is 5. The molecule has 3 saturated heterocycles. The second-order valence-electron chi connectivity index (χ2n) is 8.49. The van der Waals surface area contributed by atoms with Gasteiger partial charge in [-0.05, 0) is 57.0 Å². The molecule has 7 nitrogen and oxygen atoms in total. The van der Waals surface area contributed by atoms with Gasteiger partial charge < -0.3 is 9.80 Å². The summed E-state index contributed by atoms with van der Waals surface area (Å²) in [5.41, 5.74) is 0. The SMILES string of the molecule is O=C(CN1CCC(N2CCCC2)CC1)N1CCN(S(=O)(=O)c2cccc(F)c2)CC1. The van der Waals surface area contributed by atoms with Gasteiger partial charge in [0.2, 0.25) is 15.9 Å². The van der Waals surface area contributed by atoms with E-state index < -0.39 is 15.8 Å². The first-order valence-electron chi connectivity index (χ1n) is 10.9. The number of piperidine rings is 1. The molecule has 166 valence electrons. The Balaban J connectivity index is 1.24. The molecule has 3 aliphatic rings. The molecule has 0 N–H and O–H groups in total. The molecule has 0 aromatic heterocycles. The molecule has 9 heteroatoms. The standard InChI is InChI=1S/C21H31FN4O3S/c22-18-4-3-5-20(16-18)30(28,29)26-14-12-25(13-15-26)21(27)17-23-10-6-19(7-11-23)24-8-1-2-9-24/h3-5,16,19H,1-2,6-15,17H2. The van der Waals surface area contributed by atoms with Gasteiger partial charge in [-0.25, -0.2) is 12.8 Å². The molecule has 0 unspecified atom stereocenters. The van der Waals surface area contributed by atoms with Crippen LogP contribution in [0.5, 0.6) is 0 Å². The third kappa shape index (κ3) is 4.85. The summed E-state index contributed by atoms with van der Waals surface area (Å²) in [6.45, 7) is 5.95. The van der Waals surface area contributed by atoms with E-state index in [-0.39, 0.29) is 23.9 Å². The van der Waals surface area contributed by atoms with Crippen molar-refractivity contribution in [3.8, 4) is 0 Å². The van der Waals surface area contributed by atoms with Crippen LogP contribution in [0.25, 0.3) is 0 Å². The van der Waals surface area contributed by atoms with Crippen LogP contribution in [-0.2, 0) is 14.8 Å². The van der Waals surface area contributed by atoms with E-state index in [1.165, 1.54) is 48.4 Å². The number of hydrogen-bond acceptors (Lipinski definition) is 5. The number of hydrogen-bond donors (Lipinski definition) is 0. The molecule has 0 radical (unpaired) electrons. The second-order valence-corrected chi connectivity index (χ2v) is 10.4. The van der Waals surface area contributed by atoms with Crippen molar-refractivity contribution >= 4 is 15.9 Å². The topological polar surface area (TPSA) is 64.2 Å². The van der Waals surface area contributed by atoms with Crippen molar-refractivity contribution in [2.24, 2.45) is 0 Å². The van der Waals surface area contributed by atoms with Gasteiger partial charge in [0.15, 0.2) is 0 Å². The van der Waals surface area contributed by atoms with Gasteiger partial charge in [-0.15, -0.1) is 0 Å². The van der Waals surface area contributed by atoms with E-state index in [2.05, 4.69) is 9.80 Å². The quantitative estimate of drug-likeness (QED) is 0.692. The fraction of sp³-hybridized carbons (Fsp3) is 0.667. The van der Waals surface area contributed by atoms with Gasteiger partial charge in [-0.2, -0.15) is 4.31 Å². The molecule has 1 amide bonds. The second kappa shape index (κ2) is 9.30. The Morgan fingerprint density at radius 3 is 2.27 bits per heavy atom. The van der Waals surface area contributed by atoms with E-state index in [1.54, 1.807) is 4.90 Å². The monoisotopic (exact) mass is 438 g/mol. The predicted molar refractivity (Wildman–Crippen MR) is 112 cm³/mol. The van der Waals surface area contributed by atoms with E-state index in [0.29, 0.717) is 25.7 Å². The summed E-state index contributed by atoms with van der Waals surface area (Å²) in [5, 5.41) is 0. The fourth-order valence-electron chi connectivity index (χ4n) is 4.80. The van der Waals surface area contributed by atoms with Crippen LogP contribution >= 0.6 is 0 Å². The van der Waals surface area contributed by atoms with Gasteiger partial charge in [0.1, 0.15) is 5.82 Å². The minimum Gasteiger partial charge on any atom is -0.339 e. The normalized spacial score (nSPS) is 23.2. The number of amides is 1. The lowest BCUT2D eigenvalue weighted by atomic mass is 10.0. The predicted octanol–water partition coefficient (Wildman–Crippen LogP) is 1.22. The van der Waals surface area contributed by atoms with Crippen molar-refractivity contribution in [3.05, 3.63) is 30.1 Å². The van der Waals surface area contributed by atoms with Crippen molar-refractivity contribution < 1.29 is 17.6 Å². The van der Waals surface area contributed by atoms with E-state index in [4.69, 9.17) is 0 Å². The maximum Gasteiger partial charge on any atom is 0.243 e. The maximum absolute atomic E-state index is 13.4. The van der Waals surface area contributed by atoms with Gasteiger partial charge in [-0.3, -0.25) is 9.69 Å². The van der Waals surface area contributed by atoms with Crippen LogP contribution in [0.2, 0.25) is 0 Å². The Hall–Kier alpha value is -1.55. The Kier molecular flexibility index (Phi) is 6.72. The van der Waals surface area contributed by atoms with Crippen LogP contribution in [0.4, 0.5) is 4.39 Å². The number of piperazine rings is 1. The van der Waals surface area contributed by atoms with E-state index in [0.717, 1.165) is 32.0 Å². The zero-order chi connectivity index (χ0) is 21.1. The van der Waals surface area contributed by atoms with Gasteiger partial charge in [-0.1, -0.05) is 6.07 Å². The van der Waals surface area contributed by atoms with Gasteiger partial charge in [0.25, 0.3) is 0 Å². The molecular weight excluding hydrogens is 407 g/mol. The highest BCUT2D eigenvalue weighted by Gasteiger charge is 2.32. The van der Waals surface area contributed by atoms with Gasteiger partial charge in [0, 0.05) is 45.3 Å². The van der Waals surface area contributed by atoms with Crippen molar-refractivity contribution in [1.82, 2.24) is 19.0 Å². The number of nitrogens with zero attached hydrogens (tertiary/aromatic N) is 4. The Morgan fingerprint density at radius 1 is 0.967 bits per heavy atom. The smallest absolute Gasteiger partial charge is 0.243 e. The maximum atomic E-state index is 13.4. The highest BCUT2D eigenvalue weighted by atomic mass is 32.2. The van der Waals surface area contributed by atoms with Crippen LogP contribution in [0.3, 0.4) is 0 Å². The van der Waals surface area contributed by atoms with E-state index in [9.17, 15) is 17.6 Å². The van der Waals surface area contributed by atoms with Crippen LogP contribution in [-0.4, -0.2) is 98.3 Å². The van der Waals surface area contributed by atoms with Crippen molar-refractivity contribution in [2.75, 3.05) is 58.9 Å². The summed E-state index contributed by atoms with van der Waals surface area (Å²) in [7, 11) is -3.73. The molecule has 0 atom stereocenters. The van der Waals surface area contributed by atoms with Crippen LogP contribution in [0.15, 0.2) is 29.2 Å². The summed E-state index contributed by atoms with van der Waals surface area (Å²) in [5.74, 6) is -0.504. The third-order valence-corrected chi connectivity index (χ3v) is 8.49. The zero-order valence-corrected chi connectivity index (χ0v) is 18.2. The van der Waals surface area contributed by atoms with Crippen molar-refractivity contribution in [1.29, 1.82) is 0 Å². The summed E-state index contributed by atoms with van der Waals surface area (Å²) < 4.78 is 40.2. The molecule has 0 aliphatic carbocycles. The Bertz CT molecular complexity index is 844. The molecule has 0 saturated carbocycles. The first kappa shape index (κ1) is 21.7. The lowest BCUT2D eigenvalue weighted by molar-refractivity contribution is -0.134. The van der Waals surface area contributed by atoms with Crippen LogP contribution in [0.1, 0.15) is 25.7 Å². The van der Waals surface area contributed by atoms with Gasteiger partial charge >= 0.3 is 0 Å². The molecule has 30 heavy (non-hydrogen) atoms. The van der Waals surface area contributed by atoms with Crippen LogP contribution < -0.4 is 0 Å². The number of carbonyl (C=O) groups is 1. The number of halogens is 1. The highest BCUT2D eigenvalue weighted by Crippen LogP contribution is 2.22. The molecule has 0 bridgehead atoms. The minimum atomic E-state index is -3.73. The highest BCUT2D eigenvalue weighted by molar-refractivity contribution is 7.89. The number of benzene rings is 1. The molecule has 4 rings (SSSR count). The molecule has 1 aromatic rings. The third-order valence-electron chi connectivity index (χ3n) is 6.60. The zero-order valence-electron chi connectivity index (χ0n) is 17.4. The van der Waals surface area contributed by atoms with E-state index in [1.807, 2.05) is 0 Å². The summed E-state index contributed by atoms with van der Waals surface area (Å²) in [6, 6.07) is 5.73. The van der Waals surface area contributed by atoms with Crippen molar-refractivity contribution in [3.63, 3.8) is 0 Å². The molecule has 3 aliphatic heterocycles. The van der Waals surface area contributed by atoms with Crippen LogP contribution in [0, 0.1) is 5.82 Å².